The van der Waals surface area contributed by atoms with Crippen LogP contribution in [0.1, 0.15) is 18.4 Å². The minimum Gasteiger partial charge on any atom is -0.481 e. The SMILES string of the molecule is O=C(O)CCN1CCC(NC(=O)OCc2ccccc2)C1=O. The topological polar surface area (TPSA) is 95.9 Å². The molecule has 1 aliphatic heterocycles. The molecule has 1 heterocycles. The molecule has 0 aromatic heterocycles. The largest absolute Gasteiger partial charge is 0.481 e. The first-order valence-corrected chi connectivity index (χ1v) is 7.04. The number of ether oxygens (including phenoxy) is 1. The van der Waals surface area contributed by atoms with Crippen LogP contribution in [0.5, 0.6) is 0 Å². The van der Waals surface area contributed by atoms with Gasteiger partial charge in [-0.05, 0) is 12.0 Å². The molecular weight excluding hydrogens is 288 g/mol. The lowest BCUT2D eigenvalue weighted by Crippen LogP contribution is -2.42. The zero-order valence-corrected chi connectivity index (χ0v) is 12.0. The second-order valence-electron chi connectivity index (χ2n) is 5.02. The number of hydrogen-bond donors (Lipinski definition) is 2. The molecule has 1 fully saturated rings. The Hall–Kier alpha value is -2.57. The Morgan fingerprint density at radius 3 is 2.73 bits per heavy atom. The summed E-state index contributed by atoms with van der Waals surface area (Å²) in [5.41, 5.74) is 0.860. The quantitative estimate of drug-likeness (QED) is 0.817. The molecule has 1 aliphatic rings. The number of nitrogens with zero attached hydrogens (tertiary/aromatic N) is 1. The van der Waals surface area contributed by atoms with E-state index in [1.54, 1.807) is 0 Å². The fourth-order valence-electron chi connectivity index (χ4n) is 2.23. The summed E-state index contributed by atoms with van der Waals surface area (Å²) in [5.74, 6) is -1.22. The number of carboxylic acids is 1. The van der Waals surface area contributed by atoms with E-state index in [0.717, 1.165) is 5.56 Å². The zero-order chi connectivity index (χ0) is 15.9. The molecule has 0 aliphatic carbocycles. The molecule has 2 rings (SSSR count). The van der Waals surface area contributed by atoms with E-state index in [0.29, 0.717) is 13.0 Å². The van der Waals surface area contributed by atoms with Crippen molar-refractivity contribution in [2.24, 2.45) is 0 Å². The van der Waals surface area contributed by atoms with Gasteiger partial charge in [-0.1, -0.05) is 30.3 Å². The van der Waals surface area contributed by atoms with Crippen molar-refractivity contribution >= 4 is 18.0 Å². The number of hydrogen-bond acceptors (Lipinski definition) is 4. The number of nitrogens with one attached hydrogen (secondary N) is 1. The van der Waals surface area contributed by atoms with Crippen LogP contribution in [0.4, 0.5) is 4.79 Å². The Labute approximate surface area is 127 Å². The van der Waals surface area contributed by atoms with Crippen LogP contribution in [0.15, 0.2) is 30.3 Å². The highest BCUT2D eigenvalue weighted by molar-refractivity contribution is 5.87. The maximum absolute atomic E-state index is 12.0. The van der Waals surface area contributed by atoms with E-state index in [1.807, 2.05) is 30.3 Å². The summed E-state index contributed by atoms with van der Waals surface area (Å²) in [4.78, 5) is 35.6. The first kappa shape index (κ1) is 15.8. The Bertz CT molecular complexity index is 546. The van der Waals surface area contributed by atoms with E-state index in [4.69, 9.17) is 9.84 Å². The van der Waals surface area contributed by atoms with Crippen LogP contribution >= 0.6 is 0 Å². The van der Waals surface area contributed by atoms with Crippen LogP contribution < -0.4 is 5.32 Å². The van der Waals surface area contributed by atoms with Crippen LogP contribution in [-0.2, 0) is 20.9 Å². The number of benzene rings is 1. The molecule has 1 unspecified atom stereocenters. The van der Waals surface area contributed by atoms with E-state index in [1.165, 1.54) is 4.90 Å². The molecular formula is C15H18N2O5. The van der Waals surface area contributed by atoms with Crippen molar-refractivity contribution < 1.29 is 24.2 Å². The minimum atomic E-state index is -0.952. The average Bonchev–Trinajstić information content (AvgIpc) is 2.85. The Kier molecular flexibility index (Phi) is 5.35. The molecule has 7 heteroatoms. The lowest BCUT2D eigenvalue weighted by Gasteiger charge is -2.16. The number of carboxylic acid groups (broad SMARTS) is 1. The van der Waals surface area contributed by atoms with Gasteiger partial charge in [-0.25, -0.2) is 4.79 Å². The van der Waals surface area contributed by atoms with Gasteiger partial charge in [-0.2, -0.15) is 0 Å². The molecule has 0 bridgehead atoms. The maximum atomic E-state index is 12.0. The summed E-state index contributed by atoms with van der Waals surface area (Å²) < 4.78 is 5.06. The van der Waals surface area contributed by atoms with E-state index < -0.39 is 18.1 Å². The Morgan fingerprint density at radius 1 is 1.32 bits per heavy atom. The summed E-state index contributed by atoms with van der Waals surface area (Å²) in [6.45, 7) is 0.734. The molecule has 1 aromatic rings. The van der Waals surface area contributed by atoms with Crippen LogP contribution in [0.25, 0.3) is 0 Å². The molecule has 22 heavy (non-hydrogen) atoms. The van der Waals surface area contributed by atoms with Gasteiger partial charge in [0, 0.05) is 13.1 Å². The van der Waals surface area contributed by atoms with Crippen LogP contribution in [0.3, 0.4) is 0 Å². The number of aliphatic carboxylic acids is 1. The standard InChI is InChI=1S/C15H18N2O5/c18-13(19)7-9-17-8-6-12(14(17)20)16-15(21)22-10-11-4-2-1-3-5-11/h1-5,12H,6-10H2,(H,16,21)(H,18,19). The van der Waals surface area contributed by atoms with Gasteiger partial charge in [0.15, 0.2) is 0 Å². The number of rotatable bonds is 6. The molecule has 1 aromatic carbocycles. The summed E-state index contributed by atoms with van der Waals surface area (Å²) >= 11 is 0. The molecule has 2 N–H and O–H groups in total. The predicted molar refractivity (Wildman–Crippen MR) is 77.0 cm³/mol. The molecule has 118 valence electrons. The summed E-state index contributed by atoms with van der Waals surface area (Å²) in [7, 11) is 0. The summed E-state index contributed by atoms with van der Waals surface area (Å²) in [6, 6.07) is 8.59. The highest BCUT2D eigenvalue weighted by Crippen LogP contribution is 2.12. The molecule has 0 saturated carbocycles. The molecule has 0 spiro atoms. The van der Waals surface area contributed by atoms with E-state index >= 15 is 0 Å². The molecule has 2 amide bonds. The molecule has 1 saturated heterocycles. The number of likely N-dealkylation sites (tertiary alicyclic amines) is 1. The smallest absolute Gasteiger partial charge is 0.408 e. The Morgan fingerprint density at radius 2 is 2.05 bits per heavy atom. The summed E-state index contributed by atoms with van der Waals surface area (Å²) in [6.07, 6.45) is -0.294. The first-order chi connectivity index (χ1) is 10.6. The van der Waals surface area contributed by atoms with Gasteiger partial charge in [-0.3, -0.25) is 9.59 Å². The van der Waals surface area contributed by atoms with E-state index in [-0.39, 0.29) is 25.5 Å². The second-order valence-corrected chi connectivity index (χ2v) is 5.02. The minimum absolute atomic E-state index is 0.100. The third-order valence-electron chi connectivity index (χ3n) is 3.40. The molecule has 1 atom stereocenters. The number of carbonyl (C=O) groups is 3. The van der Waals surface area contributed by atoms with Gasteiger partial charge >= 0.3 is 12.1 Å². The van der Waals surface area contributed by atoms with Crippen molar-refractivity contribution in [1.29, 1.82) is 0 Å². The average molecular weight is 306 g/mol. The third-order valence-corrected chi connectivity index (χ3v) is 3.40. The van der Waals surface area contributed by atoms with Crippen molar-refractivity contribution in [3.63, 3.8) is 0 Å². The van der Waals surface area contributed by atoms with E-state index in [2.05, 4.69) is 5.32 Å². The molecule has 0 radical (unpaired) electrons. The van der Waals surface area contributed by atoms with Crippen molar-refractivity contribution in [3.05, 3.63) is 35.9 Å². The monoisotopic (exact) mass is 306 g/mol. The van der Waals surface area contributed by atoms with Crippen LogP contribution in [-0.4, -0.2) is 47.1 Å². The zero-order valence-electron chi connectivity index (χ0n) is 12.0. The van der Waals surface area contributed by atoms with Crippen LogP contribution in [0, 0.1) is 0 Å². The second kappa shape index (κ2) is 7.44. The van der Waals surface area contributed by atoms with Crippen molar-refractivity contribution in [2.45, 2.75) is 25.5 Å². The van der Waals surface area contributed by atoms with Gasteiger partial charge in [0.25, 0.3) is 0 Å². The lowest BCUT2D eigenvalue weighted by molar-refractivity contribution is -0.138. The fourth-order valence-corrected chi connectivity index (χ4v) is 2.23. The Balaban J connectivity index is 1.75. The normalized spacial score (nSPS) is 17.4. The highest BCUT2D eigenvalue weighted by atomic mass is 16.5. The summed E-state index contributed by atoms with van der Waals surface area (Å²) in [5, 5.41) is 11.1. The van der Waals surface area contributed by atoms with E-state index in [9.17, 15) is 14.4 Å². The fraction of sp³-hybridized carbons (Fsp3) is 0.400. The maximum Gasteiger partial charge on any atom is 0.408 e. The number of carbonyl (C=O) groups excluding carboxylic acids is 2. The third kappa shape index (κ3) is 4.47. The number of amides is 2. The predicted octanol–water partition coefficient (Wildman–Crippen LogP) is 0.988. The van der Waals surface area contributed by atoms with Crippen molar-refractivity contribution in [1.82, 2.24) is 10.2 Å². The first-order valence-electron chi connectivity index (χ1n) is 7.04. The van der Waals surface area contributed by atoms with Crippen molar-refractivity contribution in [2.75, 3.05) is 13.1 Å². The lowest BCUT2D eigenvalue weighted by atomic mass is 10.2. The van der Waals surface area contributed by atoms with Gasteiger partial charge in [0.05, 0.1) is 6.42 Å². The number of alkyl carbamates (subject to hydrolysis) is 1. The van der Waals surface area contributed by atoms with Gasteiger partial charge < -0.3 is 20.1 Å². The van der Waals surface area contributed by atoms with Crippen molar-refractivity contribution in [3.8, 4) is 0 Å². The molecule has 7 nitrogen and oxygen atoms in total. The van der Waals surface area contributed by atoms with Gasteiger partial charge in [0.1, 0.15) is 12.6 Å². The van der Waals surface area contributed by atoms with Gasteiger partial charge in [0.2, 0.25) is 5.91 Å². The van der Waals surface area contributed by atoms with Crippen LogP contribution in [0.2, 0.25) is 0 Å². The van der Waals surface area contributed by atoms with Gasteiger partial charge in [-0.15, -0.1) is 0 Å². The highest BCUT2D eigenvalue weighted by Gasteiger charge is 2.33.